The first-order valence-electron chi connectivity index (χ1n) is 2.62. The van der Waals surface area contributed by atoms with Crippen molar-refractivity contribution in [3.63, 3.8) is 0 Å². The zero-order valence-corrected chi connectivity index (χ0v) is 8.14. The maximum absolute atomic E-state index is 10.3. The second kappa shape index (κ2) is 4.65. The Morgan fingerprint density at radius 1 is 1.30 bits per heavy atom. The topological polar surface area (TPSA) is 34.1 Å². The molecule has 0 aliphatic carbocycles. The smallest absolute Gasteiger partial charge is 0.212 e. The lowest BCUT2D eigenvalue weighted by Crippen LogP contribution is -1.98. The Morgan fingerprint density at radius 2 is 1.80 bits per heavy atom. The molecule has 0 heterocycles. The molecule has 0 radical (unpaired) electrons. The number of hydrogen-bond donors (Lipinski definition) is 0. The average Bonchev–Trinajstić information content (AvgIpc) is 1.59. The molecule has 0 rings (SSSR count). The third kappa shape index (κ3) is 8.82. The molecule has 0 aromatic carbocycles. The van der Waals surface area contributed by atoms with Crippen molar-refractivity contribution < 1.29 is 8.42 Å². The van der Waals surface area contributed by atoms with E-state index in [1.54, 1.807) is 0 Å². The molecular formula is C4H7Cl3O2S. The zero-order valence-electron chi connectivity index (χ0n) is 5.06. The van der Waals surface area contributed by atoms with E-state index in [0.717, 1.165) is 0 Å². The summed E-state index contributed by atoms with van der Waals surface area (Å²) in [5.41, 5.74) is 0. The summed E-state index contributed by atoms with van der Waals surface area (Å²) in [5.74, 6) is -0.0650. The van der Waals surface area contributed by atoms with Crippen LogP contribution in [-0.2, 0) is 9.05 Å². The van der Waals surface area contributed by atoms with Gasteiger partial charge in [0.05, 0.1) is 5.75 Å². The van der Waals surface area contributed by atoms with Gasteiger partial charge in [0.1, 0.15) is 4.84 Å². The molecule has 0 N–H and O–H groups in total. The third-order valence-electron chi connectivity index (χ3n) is 0.810. The molecule has 0 aliphatic heterocycles. The lowest BCUT2D eigenvalue weighted by molar-refractivity contribution is 0.606. The standard InChI is InChI=1S/C4H7Cl3O2S/c5-4(6)2-1-3-10(7,8)9/h4H,1-3H2. The van der Waals surface area contributed by atoms with Crippen molar-refractivity contribution >= 4 is 42.9 Å². The lowest BCUT2D eigenvalue weighted by atomic mass is 10.4. The van der Waals surface area contributed by atoms with Gasteiger partial charge >= 0.3 is 0 Å². The van der Waals surface area contributed by atoms with Crippen LogP contribution in [0.3, 0.4) is 0 Å². The second-order valence-corrected chi connectivity index (χ2v) is 5.95. The Kier molecular flexibility index (Phi) is 5.03. The number of alkyl halides is 2. The highest BCUT2D eigenvalue weighted by atomic mass is 35.7. The lowest BCUT2D eigenvalue weighted by Gasteiger charge is -1.97. The minimum absolute atomic E-state index is 0.0650. The molecule has 0 saturated carbocycles. The van der Waals surface area contributed by atoms with E-state index in [2.05, 4.69) is 0 Å². The van der Waals surface area contributed by atoms with Gasteiger partial charge in [-0.1, -0.05) is 0 Å². The molecule has 0 amide bonds. The maximum atomic E-state index is 10.3. The maximum Gasteiger partial charge on any atom is 0.232 e. The molecule has 62 valence electrons. The summed E-state index contributed by atoms with van der Waals surface area (Å²) in [5, 5.41) is 0. The Bertz CT molecular complexity index is 175. The predicted octanol–water partition coefficient (Wildman–Crippen LogP) is 2.14. The minimum atomic E-state index is -3.36. The highest BCUT2D eigenvalue weighted by Crippen LogP contribution is 2.11. The van der Waals surface area contributed by atoms with Crippen LogP contribution in [0.2, 0.25) is 0 Å². The largest absolute Gasteiger partial charge is 0.232 e. The molecule has 0 fully saturated rings. The van der Waals surface area contributed by atoms with Crippen molar-refractivity contribution in [3.8, 4) is 0 Å². The van der Waals surface area contributed by atoms with Crippen molar-refractivity contribution in [2.45, 2.75) is 17.7 Å². The summed E-state index contributed by atoms with van der Waals surface area (Å²) in [6.45, 7) is 0. The van der Waals surface area contributed by atoms with E-state index in [1.165, 1.54) is 0 Å². The number of hydrogen-bond acceptors (Lipinski definition) is 2. The molecule has 0 aromatic heterocycles. The fourth-order valence-electron chi connectivity index (χ4n) is 0.410. The van der Waals surface area contributed by atoms with Crippen LogP contribution in [0.4, 0.5) is 0 Å². The molecule has 6 heteroatoms. The number of rotatable bonds is 4. The second-order valence-electron chi connectivity index (χ2n) is 1.78. The fraction of sp³-hybridized carbons (Fsp3) is 1.00. The van der Waals surface area contributed by atoms with Crippen molar-refractivity contribution in [1.29, 1.82) is 0 Å². The molecule has 0 spiro atoms. The Labute approximate surface area is 74.9 Å². The minimum Gasteiger partial charge on any atom is -0.212 e. The molecule has 0 aromatic rings. The molecule has 0 bridgehead atoms. The van der Waals surface area contributed by atoms with Gasteiger partial charge in [0.15, 0.2) is 0 Å². The first-order chi connectivity index (χ1) is 4.42. The molecule has 0 aliphatic rings. The molecule has 2 nitrogen and oxygen atoms in total. The van der Waals surface area contributed by atoms with Crippen molar-refractivity contribution in [2.75, 3.05) is 5.75 Å². The molecule has 10 heavy (non-hydrogen) atoms. The van der Waals surface area contributed by atoms with Gasteiger partial charge < -0.3 is 0 Å². The van der Waals surface area contributed by atoms with Gasteiger partial charge in [-0.2, -0.15) is 0 Å². The van der Waals surface area contributed by atoms with Gasteiger partial charge in [-0.3, -0.25) is 0 Å². The predicted molar refractivity (Wildman–Crippen MR) is 44.4 cm³/mol. The summed E-state index contributed by atoms with van der Waals surface area (Å²) in [6, 6.07) is 0. The molecule has 0 atom stereocenters. The first kappa shape index (κ1) is 10.8. The fourth-order valence-corrected chi connectivity index (χ4v) is 1.56. The van der Waals surface area contributed by atoms with Crippen LogP contribution in [0.1, 0.15) is 12.8 Å². The van der Waals surface area contributed by atoms with Crippen LogP contribution in [0.5, 0.6) is 0 Å². The Hall–Kier alpha value is 0.820. The van der Waals surface area contributed by atoms with Gasteiger partial charge in [-0.25, -0.2) is 8.42 Å². The van der Waals surface area contributed by atoms with Crippen LogP contribution in [-0.4, -0.2) is 19.0 Å². The van der Waals surface area contributed by atoms with Gasteiger partial charge in [0.2, 0.25) is 9.05 Å². The van der Waals surface area contributed by atoms with E-state index in [-0.39, 0.29) is 5.75 Å². The normalized spacial score (nSPS) is 12.4. The molecular weight excluding hydrogens is 218 g/mol. The zero-order chi connectivity index (χ0) is 8.20. The summed E-state index contributed by atoms with van der Waals surface area (Å²) >= 11 is 10.7. The van der Waals surface area contributed by atoms with E-state index in [9.17, 15) is 8.42 Å². The van der Waals surface area contributed by atoms with Crippen LogP contribution >= 0.6 is 33.9 Å². The highest BCUT2D eigenvalue weighted by molar-refractivity contribution is 8.13. The Morgan fingerprint density at radius 3 is 2.10 bits per heavy atom. The van der Waals surface area contributed by atoms with Crippen molar-refractivity contribution in [3.05, 3.63) is 0 Å². The van der Waals surface area contributed by atoms with E-state index < -0.39 is 13.9 Å². The van der Waals surface area contributed by atoms with Crippen molar-refractivity contribution in [1.82, 2.24) is 0 Å². The van der Waals surface area contributed by atoms with Crippen LogP contribution in [0.15, 0.2) is 0 Å². The van der Waals surface area contributed by atoms with Gasteiger partial charge in [0, 0.05) is 10.7 Å². The van der Waals surface area contributed by atoms with E-state index in [1.807, 2.05) is 0 Å². The summed E-state index contributed by atoms with van der Waals surface area (Å²) in [6.07, 6.45) is 0.860. The monoisotopic (exact) mass is 224 g/mol. The Balaban J connectivity index is 3.39. The van der Waals surface area contributed by atoms with E-state index in [4.69, 9.17) is 33.9 Å². The highest BCUT2D eigenvalue weighted by Gasteiger charge is 2.06. The van der Waals surface area contributed by atoms with E-state index >= 15 is 0 Å². The quantitative estimate of drug-likeness (QED) is 0.543. The van der Waals surface area contributed by atoms with E-state index in [0.29, 0.717) is 12.8 Å². The van der Waals surface area contributed by atoms with Crippen LogP contribution < -0.4 is 0 Å². The van der Waals surface area contributed by atoms with Crippen LogP contribution in [0.25, 0.3) is 0 Å². The SMILES string of the molecule is O=S(=O)(Cl)CCCC(Cl)Cl. The molecule has 0 unspecified atom stereocenters. The third-order valence-corrected chi connectivity index (χ3v) is 2.49. The summed E-state index contributed by atoms with van der Waals surface area (Å²) in [7, 11) is 1.54. The first-order valence-corrected chi connectivity index (χ1v) is 5.97. The van der Waals surface area contributed by atoms with Gasteiger partial charge in [-0.15, -0.1) is 23.2 Å². The number of halogens is 3. The summed E-state index contributed by atoms with van der Waals surface area (Å²) < 4.78 is 20.6. The van der Waals surface area contributed by atoms with Gasteiger partial charge in [-0.05, 0) is 12.8 Å². The average molecular weight is 226 g/mol. The van der Waals surface area contributed by atoms with Gasteiger partial charge in [0.25, 0.3) is 0 Å². The van der Waals surface area contributed by atoms with Crippen LogP contribution in [0, 0.1) is 0 Å². The molecule has 0 saturated heterocycles. The van der Waals surface area contributed by atoms with Crippen molar-refractivity contribution in [2.24, 2.45) is 0 Å². The summed E-state index contributed by atoms with van der Waals surface area (Å²) in [4.78, 5) is -0.501.